The van der Waals surface area contributed by atoms with Gasteiger partial charge >= 0.3 is 0 Å². The number of hydrogen-bond acceptors (Lipinski definition) is 4. The van der Waals surface area contributed by atoms with Crippen LogP contribution in [0.2, 0.25) is 0 Å². The Morgan fingerprint density at radius 2 is 1.79 bits per heavy atom. The second-order valence-corrected chi connectivity index (χ2v) is 7.32. The molecule has 0 aliphatic carbocycles. The lowest BCUT2D eigenvalue weighted by atomic mass is 10.0. The first kappa shape index (κ1) is 19.6. The molecule has 2 N–H and O–H groups in total. The van der Waals surface area contributed by atoms with E-state index in [-0.39, 0.29) is 12.5 Å². The summed E-state index contributed by atoms with van der Waals surface area (Å²) in [5.74, 6) is -0.0473. The van der Waals surface area contributed by atoms with Gasteiger partial charge in [0.2, 0.25) is 5.91 Å². The van der Waals surface area contributed by atoms with Gasteiger partial charge in [0.15, 0.2) is 0 Å². The fourth-order valence-corrected chi connectivity index (χ4v) is 3.71. The number of primary amides is 1. The summed E-state index contributed by atoms with van der Waals surface area (Å²) in [7, 11) is 1.59. The maximum Gasteiger partial charge on any atom is 0.264 e. The normalized spacial score (nSPS) is 11.6. The molecule has 0 aliphatic heterocycles. The molecule has 0 saturated heterocycles. The summed E-state index contributed by atoms with van der Waals surface area (Å²) in [6.45, 7) is 0.258. The van der Waals surface area contributed by atoms with Crippen molar-refractivity contribution in [2.45, 2.75) is 19.0 Å². The third kappa shape index (κ3) is 4.78. The Labute approximate surface area is 168 Å². The number of carbonyl (C=O) groups is 2. The quantitative estimate of drug-likeness (QED) is 0.636. The van der Waals surface area contributed by atoms with Crippen molar-refractivity contribution >= 4 is 23.2 Å². The van der Waals surface area contributed by atoms with Crippen LogP contribution in [-0.4, -0.2) is 29.9 Å². The predicted molar refractivity (Wildman–Crippen MR) is 110 cm³/mol. The lowest BCUT2D eigenvalue weighted by molar-refractivity contribution is -0.122. The summed E-state index contributed by atoms with van der Waals surface area (Å²) in [6.07, 6.45) is 0.358. The van der Waals surface area contributed by atoms with Gasteiger partial charge in [0.25, 0.3) is 5.91 Å². The Bertz CT molecular complexity index is 926. The number of nitrogens with zero attached hydrogens (tertiary/aromatic N) is 1. The third-order valence-corrected chi connectivity index (χ3v) is 5.31. The molecule has 3 rings (SSSR count). The summed E-state index contributed by atoms with van der Waals surface area (Å²) < 4.78 is 5.28. The predicted octanol–water partition coefficient (Wildman–Crippen LogP) is 3.50. The van der Waals surface area contributed by atoms with Gasteiger partial charge in [-0.15, -0.1) is 11.3 Å². The van der Waals surface area contributed by atoms with E-state index in [1.807, 2.05) is 66.0 Å². The average Bonchev–Trinajstić information content (AvgIpc) is 3.25. The Hall–Kier alpha value is -3.12. The number of ether oxygens (including phenoxy) is 1. The molecule has 1 atom stereocenters. The van der Waals surface area contributed by atoms with Gasteiger partial charge in [-0.3, -0.25) is 9.59 Å². The molecule has 1 aromatic heterocycles. The third-order valence-electron chi connectivity index (χ3n) is 4.46. The Morgan fingerprint density at radius 3 is 2.43 bits per heavy atom. The van der Waals surface area contributed by atoms with Gasteiger partial charge in [0.1, 0.15) is 11.8 Å². The lowest BCUT2D eigenvalue weighted by Gasteiger charge is -2.30. The smallest absolute Gasteiger partial charge is 0.264 e. The molecule has 0 saturated carbocycles. The van der Waals surface area contributed by atoms with E-state index >= 15 is 0 Å². The Balaban J connectivity index is 1.95. The van der Waals surface area contributed by atoms with E-state index in [9.17, 15) is 9.59 Å². The van der Waals surface area contributed by atoms with E-state index in [2.05, 4.69) is 0 Å². The van der Waals surface area contributed by atoms with Crippen LogP contribution < -0.4 is 10.5 Å². The van der Waals surface area contributed by atoms with Crippen LogP contribution in [0.15, 0.2) is 72.1 Å². The first-order valence-corrected chi connectivity index (χ1v) is 9.77. The first-order valence-electron chi connectivity index (χ1n) is 8.89. The highest BCUT2D eigenvalue weighted by molar-refractivity contribution is 7.12. The van der Waals surface area contributed by atoms with Crippen LogP contribution in [0, 0.1) is 0 Å². The van der Waals surface area contributed by atoms with Gasteiger partial charge < -0.3 is 15.4 Å². The van der Waals surface area contributed by atoms with Crippen molar-refractivity contribution in [1.82, 2.24) is 4.90 Å². The van der Waals surface area contributed by atoms with E-state index in [1.165, 1.54) is 11.3 Å². The van der Waals surface area contributed by atoms with Gasteiger partial charge in [0, 0.05) is 13.0 Å². The molecule has 0 radical (unpaired) electrons. The number of rotatable bonds is 8. The van der Waals surface area contributed by atoms with E-state index in [4.69, 9.17) is 10.5 Å². The minimum absolute atomic E-state index is 0.211. The highest BCUT2D eigenvalue weighted by Crippen LogP contribution is 2.21. The van der Waals surface area contributed by atoms with Crippen LogP contribution in [0.4, 0.5) is 0 Å². The zero-order valence-corrected chi connectivity index (χ0v) is 16.4. The van der Waals surface area contributed by atoms with Gasteiger partial charge in [-0.1, -0.05) is 48.5 Å². The molecule has 0 unspecified atom stereocenters. The van der Waals surface area contributed by atoms with Crippen LogP contribution in [-0.2, 0) is 17.8 Å². The zero-order chi connectivity index (χ0) is 19.9. The largest absolute Gasteiger partial charge is 0.497 e. The van der Waals surface area contributed by atoms with Gasteiger partial charge in [0.05, 0.1) is 12.0 Å². The average molecular weight is 394 g/mol. The first-order chi connectivity index (χ1) is 13.6. The Morgan fingerprint density at radius 1 is 1.04 bits per heavy atom. The second-order valence-electron chi connectivity index (χ2n) is 6.37. The molecule has 0 fully saturated rings. The van der Waals surface area contributed by atoms with Gasteiger partial charge in [-0.25, -0.2) is 0 Å². The van der Waals surface area contributed by atoms with Gasteiger partial charge in [-0.2, -0.15) is 0 Å². The highest BCUT2D eigenvalue weighted by Gasteiger charge is 2.30. The zero-order valence-electron chi connectivity index (χ0n) is 15.6. The summed E-state index contributed by atoms with van der Waals surface area (Å²) >= 11 is 1.34. The summed E-state index contributed by atoms with van der Waals surface area (Å²) in [5, 5.41) is 1.84. The van der Waals surface area contributed by atoms with Crippen molar-refractivity contribution < 1.29 is 14.3 Å². The molecule has 0 spiro atoms. The fourth-order valence-electron chi connectivity index (χ4n) is 3.03. The van der Waals surface area contributed by atoms with Crippen LogP contribution in [0.1, 0.15) is 20.8 Å². The lowest BCUT2D eigenvalue weighted by Crippen LogP contribution is -2.48. The topological polar surface area (TPSA) is 72.6 Å². The van der Waals surface area contributed by atoms with Crippen molar-refractivity contribution in [2.75, 3.05) is 7.11 Å². The molecule has 1 heterocycles. The monoisotopic (exact) mass is 394 g/mol. The highest BCUT2D eigenvalue weighted by atomic mass is 32.1. The van der Waals surface area contributed by atoms with Crippen LogP contribution in [0.25, 0.3) is 0 Å². The molecule has 2 amide bonds. The molecular formula is C22H22N2O3S. The molecule has 0 aliphatic rings. The number of methoxy groups -OCH3 is 1. The summed E-state index contributed by atoms with van der Waals surface area (Å²) in [4.78, 5) is 27.7. The molecule has 0 bridgehead atoms. The van der Waals surface area contributed by atoms with E-state index in [1.54, 1.807) is 18.1 Å². The number of amides is 2. The van der Waals surface area contributed by atoms with Gasteiger partial charge in [-0.05, 0) is 34.7 Å². The number of hydrogen-bond donors (Lipinski definition) is 1. The van der Waals surface area contributed by atoms with Crippen molar-refractivity contribution in [3.63, 3.8) is 0 Å². The van der Waals surface area contributed by atoms with Crippen molar-refractivity contribution in [2.24, 2.45) is 5.73 Å². The minimum Gasteiger partial charge on any atom is -0.497 e. The molecular weight excluding hydrogens is 372 g/mol. The number of nitrogens with two attached hydrogens (primary N) is 1. The van der Waals surface area contributed by atoms with E-state index in [0.717, 1.165) is 11.1 Å². The number of thiophene rings is 1. The SMILES string of the molecule is COc1cccc(CN(C(=O)c2cccs2)[C@@H](Cc2ccccc2)C(N)=O)c1. The maximum atomic E-state index is 13.2. The van der Waals surface area contributed by atoms with E-state index < -0.39 is 11.9 Å². The van der Waals surface area contributed by atoms with E-state index in [0.29, 0.717) is 17.0 Å². The standard InChI is InChI=1S/C22H22N2O3S/c1-27-18-10-5-9-17(13-18)15-24(22(26)20-11-6-12-28-20)19(21(23)25)14-16-7-3-2-4-8-16/h2-13,19H,14-15H2,1H3,(H2,23,25)/t19-/m0/s1. The number of carbonyl (C=O) groups excluding carboxylic acids is 2. The number of benzene rings is 2. The van der Waals surface area contributed by atoms with Crippen LogP contribution >= 0.6 is 11.3 Å². The fraction of sp³-hybridized carbons (Fsp3) is 0.182. The minimum atomic E-state index is -0.761. The molecule has 6 heteroatoms. The molecule has 3 aromatic rings. The van der Waals surface area contributed by atoms with Crippen LogP contribution in [0.5, 0.6) is 5.75 Å². The molecule has 5 nitrogen and oxygen atoms in total. The summed E-state index contributed by atoms with van der Waals surface area (Å²) in [6, 6.07) is 19.8. The van der Waals surface area contributed by atoms with Crippen molar-refractivity contribution in [3.05, 3.63) is 88.1 Å². The van der Waals surface area contributed by atoms with Crippen molar-refractivity contribution in [3.8, 4) is 5.75 Å². The Kier molecular flexibility index (Phi) is 6.45. The summed E-state index contributed by atoms with van der Waals surface area (Å²) in [5.41, 5.74) is 7.54. The second kappa shape index (κ2) is 9.19. The maximum absolute atomic E-state index is 13.2. The van der Waals surface area contributed by atoms with Crippen LogP contribution in [0.3, 0.4) is 0 Å². The van der Waals surface area contributed by atoms with Crippen molar-refractivity contribution in [1.29, 1.82) is 0 Å². The molecule has 144 valence electrons. The molecule has 2 aromatic carbocycles. The molecule has 28 heavy (non-hydrogen) atoms.